The quantitative estimate of drug-likeness (QED) is 0.742. The summed E-state index contributed by atoms with van der Waals surface area (Å²) in [5, 5.41) is 1.01. The van der Waals surface area contributed by atoms with Crippen molar-refractivity contribution in [2.24, 2.45) is 15.0 Å². The van der Waals surface area contributed by atoms with E-state index in [2.05, 4.69) is 28.8 Å². The van der Waals surface area contributed by atoms with Crippen molar-refractivity contribution >= 4 is 58.7 Å². The average Bonchev–Trinajstić information content (AvgIpc) is 2.76. The molecule has 19 heavy (non-hydrogen) atoms. The van der Waals surface area contributed by atoms with E-state index in [1.165, 1.54) is 0 Å². The summed E-state index contributed by atoms with van der Waals surface area (Å²) in [4.78, 5) is 13.1. The van der Waals surface area contributed by atoms with E-state index in [0.717, 1.165) is 24.3 Å². The van der Waals surface area contributed by atoms with Crippen molar-refractivity contribution < 1.29 is 0 Å². The van der Waals surface area contributed by atoms with E-state index in [9.17, 15) is 0 Å². The first-order chi connectivity index (χ1) is 8.65. The predicted molar refractivity (Wildman–Crippen MR) is 86.3 cm³/mol. The smallest absolute Gasteiger partial charge is 0.214 e. The molecule has 1 aliphatic rings. The zero-order valence-corrected chi connectivity index (χ0v) is 13.0. The average molecular weight is 319 g/mol. The maximum atomic E-state index is 6.06. The van der Waals surface area contributed by atoms with Crippen LogP contribution >= 0.6 is 35.6 Å². The number of guanidine groups is 1. The Bertz CT molecular complexity index is 520. The van der Waals surface area contributed by atoms with E-state index >= 15 is 0 Å². The summed E-state index contributed by atoms with van der Waals surface area (Å²) in [6.07, 6.45) is 1.70. The van der Waals surface area contributed by atoms with Crippen molar-refractivity contribution in [1.29, 1.82) is 0 Å². The van der Waals surface area contributed by atoms with Crippen LogP contribution in [-0.4, -0.2) is 17.4 Å². The highest BCUT2D eigenvalue weighted by atomic mass is 35.5. The molecular formula is C13H14Cl3N3. The maximum Gasteiger partial charge on any atom is 0.250 e. The molecule has 0 saturated carbocycles. The molecule has 1 aromatic rings. The highest BCUT2D eigenvalue weighted by Gasteiger charge is 2.15. The second kappa shape index (κ2) is 7.04. The Morgan fingerprint density at radius 1 is 1.00 bits per heavy atom. The fraction of sp³-hybridized carbons (Fsp3) is 0.308. The second-order valence-corrected chi connectivity index (χ2v) is 4.62. The SMILES string of the molecule is CCC1=NC(=Nc2c(Cl)cccc2Cl)N=C1CC.Cl. The van der Waals surface area contributed by atoms with Crippen molar-refractivity contribution in [3.8, 4) is 0 Å². The van der Waals surface area contributed by atoms with Gasteiger partial charge in [-0.25, -0.2) is 15.0 Å². The Hall–Kier alpha value is -0.900. The summed E-state index contributed by atoms with van der Waals surface area (Å²) in [6, 6.07) is 5.28. The lowest BCUT2D eigenvalue weighted by molar-refractivity contribution is 1.26. The van der Waals surface area contributed by atoms with Gasteiger partial charge >= 0.3 is 0 Å². The van der Waals surface area contributed by atoms with Gasteiger partial charge in [0, 0.05) is 0 Å². The molecule has 0 fully saturated rings. The van der Waals surface area contributed by atoms with Gasteiger partial charge < -0.3 is 0 Å². The predicted octanol–water partition coefficient (Wildman–Crippen LogP) is 5.12. The van der Waals surface area contributed by atoms with Gasteiger partial charge in [0.25, 0.3) is 5.96 Å². The highest BCUT2D eigenvalue weighted by molar-refractivity contribution is 6.48. The van der Waals surface area contributed by atoms with Crippen LogP contribution in [0.1, 0.15) is 26.7 Å². The van der Waals surface area contributed by atoms with Crippen molar-refractivity contribution in [1.82, 2.24) is 0 Å². The van der Waals surface area contributed by atoms with Crippen molar-refractivity contribution in [2.45, 2.75) is 26.7 Å². The third kappa shape index (κ3) is 3.56. The second-order valence-electron chi connectivity index (χ2n) is 3.81. The Labute approximate surface area is 128 Å². The van der Waals surface area contributed by atoms with Gasteiger partial charge in [0.2, 0.25) is 0 Å². The van der Waals surface area contributed by atoms with Gasteiger partial charge in [-0.1, -0.05) is 43.1 Å². The lowest BCUT2D eigenvalue weighted by Gasteiger charge is -1.99. The molecule has 1 aromatic carbocycles. The monoisotopic (exact) mass is 317 g/mol. The van der Waals surface area contributed by atoms with Crippen molar-refractivity contribution in [3.63, 3.8) is 0 Å². The summed E-state index contributed by atoms with van der Waals surface area (Å²) in [6.45, 7) is 4.10. The van der Waals surface area contributed by atoms with Crippen LogP contribution in [-0.2, 0) is 0 Å². The molecular weight excluding hydrogens is 305 g/mol. The van der Waals surface area contributed by atoms with Gasteiger partial charge in [0.15, 0.2) is 0 Å². The van der Waals surface area contributed by atoms with Crippen LogP contribution in [0.3, 0.4) is 0 Å². The topological polar surface area (TPSA) is 37.1 Å². The lowest BCUT2D eigenvalue weighted by atomic mass is 10.1. The third-order valence-electron chi connectivity index (χ3n) is 2.62. The van der Waals surface area contributed by atoms with E-state index in [1.54, 1.807) is 18.2 Å². The van der Waals surface area contributed by atoms with Crippen molar-refractivity contribution in [3.05, 3.63) is 28.2 Å². The number of para-hydroxylation sites is 1. The number of halogens is 3. The summed E-state index contributed by atoms with van der Waals surface area (Å²) in [5.41, 5.74) is 2.50. The first kappa shape index (κ1) is 16.2. The van der Waals surface area contributed by atoms with Crippen LogP contribution in [0.15, 0.2) is 33.2 Å². The Balaban J connectivity index is 0.00000180. The zero-order valence-electron chi connectivity index (χ0n) is 10.7. The molecule has 1 heterocycles. The van der Waals surface area contributed by atoms with Gasteiger partial charge in [-0.15, -0.1) is 12.4 Å². The van der Waals surface area contributed by atoms with Crippen LogP contribution in [0.5, 0.6) is 0 Å². The van der Waals surface area contributed by atoms with Gasteiger partial charge in [-0.3, -0.25) is 0 Å². The minimum absolute atomic E-state index is 0. The summed E-state index contributed by atoms with van der Waals surface area (Å²) < 4.78 is 0. The van der Waals surface area contributed by atoms with Gasteiger partial charge in [0.05, 0.1) is 21.5 Å². The molecule has 0 saturated heterocycles. The molecule has 6 heteroatoms. The molecule has 0 unspecified atom stereocenters. The van der Waals surface area contributed by atoms with Crippen molar-refractivity contribution in [2.75, 3.05) is 0 Å². The Kier molecular flexibility index (Phi) is 5.98. The number of hydrogen-bond acceptors (Lipinski definition) is 1. The highest BCUT2D eigenvalue weighted by Crippen LogP contribution is 2.33. The van der Waals surface area contributed by atoms with Crippen LogP contribution in [0, 0.1) is 0 Å². The van der Waals surface area contributed by atoms with Gasteiger partial charge in [-0.05, 0) is 25.0 Å². The first-order valence-corrected chi connectivity index (χ1v) is 6.59. The molecule has 1 aliphatic heterocycles. The number of rotatable bonds is 3. The number of nitrogens with zero attached hydrogens (tertiary/aromatic N) is 3. The molecule has 2 rings (SSSR count). The molecule has 0 N–H and O–H groups in total. The van der Waals surface area contributed by atoms with E-state index in [0.29, 0.717) is 21.7 Å². The molecule has 0 atom stereocenters. The van der Waals surface area contributed by atoms with Crippen LogP contribution in [0.4, 0.5) is 5.69 Å². The summed E-state index contributed by atoms with van der Waals surface area (Å²) in [5.74, 6) is 0.429. The van der Waals surface area contributed by atoms with Crippen LogP contribution in [0.25, 0.3) is 0 Å². The summed E-state index contributed by atoms with van der Waals surface area (Å²) in [7, 11) is 0. The fourth-order valence-electron chi connectivity index (χ4n) is 1.71. The lowest BCUT2D eigenvalue weighted by Crippen LogP contribution is -2.07. The molecule has 0 radical (unpaired) electrons. The van der Waals surface area contributed by atoms with E-state index in [-0.39, 0.29) is 12.4 Å². The maximum absolute atomic E-state index is 6.06. The van der Waals surface area contributed by atoms with E-state index in [4.69, 9.17) is 23.2 Å². The van der Waals surface area contributed by atoms with Gasteiger partial charge in [-0.2, -0.15) is 0 Å². The number of aliphatic imine (C=N–C) groups is 3. The van der Waals surface area contributed by atoms with E-state index in [1.807, 2.05) is 0 Å². The Morgan fingerprint density at radius 3 is 1.89 bits per heavy atom. The molecule has 0 aliphatic carbocycles. The van der Waals surface area contributed by atoms with Crippen LogP contribution < -0.4 is 0 Å². The number of hydrogen-bond donors (Lipinski definition) is 0. The third-order valence-corrected chi connectivity index (χ3v) is 3.23. The van der Waals surface area contributed by atoms with Gasteiger partial charge in [0.1, 0.15) is 5.69 Å². The standard InChI is InChI=1S/C13H13Cl2N3.ClH/c1-3-10-11(4-2)17-13(16-10)18-12-8(14)6-5-7-9(12)15;/h5-7H,3-4H2,1-2H3;1H. The molecule has 0 bridgehead atoms. The summed E-state index contributed by atoms with van der Waals surface area (Å²) >= 11 is 12.1. The first-order valence-electron chi connectivity index (χ1n) is 5.83. The molecule has 102 valence electrons. The fourth-order valence-corrected chi connectivity index (χ4v) is 2.19. The normalized spacial score (nSPS) is 13.8. The molecule has 3 nitrogen and oxygen atoms in total. The minimum Gasteiger partial charge on any atom is -0.214 e. The minimum atomic E-state index is 0. The Morgan fingerprint density at radius 2 is 1.47 bits per heavy atom. The largest absolute Gasteiger partial charge is 0.250 e. The number of benzene rings is 1. The zero-order chi connectivity index (χ0) is 13.1. The van der Waals surface area contributed by atoms with Crippen LogP contribution in [0.2, 0.25) is 10.0 Å². The van der Waals surface area contributed by atoms with E-state index < -0.39 is 0 Å². The molecule has 0 amide bonds. The molecule has 0 aromatic heterocycles. The molecule has 0 spiro atoms.